The lowest BCUT2D eigenvalue weighted by Crippen LogP contribution is -2.26. The Morgan fingerprint density at radius 3 is 2.71 bits per heavy atom. The molecule has 34 heavy (non-hydrogen) atoms. The summed E-state index contributed by atoms with van der Waals surface area (Å²) in [5, 5.41) is 13.5. The summed E-state index contributed by atoms with van der Waals surface area (Å²) in [5.41, 5.74) is 5.36. The van der Waals surface area contributed by atoms with Crippen LogP contribution < -0.4 is 10.1 Å². The third kappa shape index (κ3) is 5.86. The summed E-state index contributed by atoms with van der Waals surface area (Å²) < 4.78 is 6.85. The lowest BCUT2D eigenvalue weighted by molar-refractivity contribution is -0.117. The van der Waals surface area contributed by atoms with Gasteiger partial charge in [0.2, 0.25) is 0 Å². The molecule has 0 bridgehead atoms. The van der Waals surface area contributed by atoms with Crippen LogP contribution in [0.3, 0.4) is 0 Å². The molecule has 0 radical (unpaired) electrons. The number of hydrogen-bond acceptors (Lipinski definition) is 3. The first-order valence-electron chi connectivity index (χ1n) is 11.0. The second-order valence-corrected chi connectivity index (χ2v) is 9.16. The third-order valence-electron chi connectivity index (χ3n) is 5.50. The number of fused-ring (bicyclic) bond motifs is 1. The average molecular weight is 561 g/mol. The van der Waals surface area contributed by atoms with Crippen LogP contribution in [0, 0.1) is 21.8 Å². The number of amides is 1. The lowest BCUT2D eigenvalue weighted by atomic mass is 10.1. The van der Waals surface area contributed by atoms with E-state index in [1.165, 1.54) is 5.56 Å². The number of carbonyl (C=O) groups is 1. The fraction of sp³-hybridized carbons (Fsp3) is 0.143. The number of hydrogen-bond donors (Lipinski definition) is 2. The van der Waals surface area contributed by atoms with E-state index in [9.17, 15) is 10.1 Å². The van der Waals surface area contributed by atoms with Crippen LogP contribution in [0.2, 0.25) is 0 Å². The molecule has 4 rings (SSSR count). The third-order valence-corrected chi connectivity index (χ3v) is 6.34. The van der Waals surface area contributed by atoms with Gasteiger partial charge in [-0.3, -0.25) is 4.79 Å². The molecule has 0 fully saturated rings. The van der Waals surface area contributed by atoms with Gasteiger partial charge in [-0.1, -0.05) is 54.1 Å². The smallest absolute Gasteiger partial charge is 0.261 e. The molecule has 6 heteroatoms. The van der Waals surface area contributed by atoms with E-state index >= 15 is 0 Å². The predicted octanol–water partition coefficient (Wildman–Crippen LogP) is 5.93. The normalized spacial score (nSPS) is 11.3. The number of H-pyrrole nitrogens is 1. The minimum Gasteiger partial charge on any atom is -0.488 e. The van der Waals surface area contributed by atoms with Crippen molar-refractivity contribution in [2.75, 3.05) is 6.54 Å². The van der Waals surface area contributed by atoms with E-state index in [2.05, 4.69) is 70.1 Å². The average Bonchev–Trinajstić information content (AvgIpc) is 3.26. The van der Waals surface area contributed by atoms with Gasteiger partial charge in [0.05, 0.1) is 3.57 Å². The zero-order valence-corrected chi connectivity index (χ0v) is 20.9. The van der Waals surface area contributed by atoms with Crippen LogP contribution >= 0.6 is 22.6 Å². The molecule has 1 heterocycles. The molecular weight excluding hydrogens is 537 g/mol. The van der Waals surface area contributed by atoms with Gasteiger partial charge >= 0.3 is 0 Å². The van der Waals surface area contributed by atoms with E-state index < -0.39 is 0 Å². The number of aromatic nitrogens is 1. The number of nitrogens with zero attached hydrogens (tertiary/aromatic N) is 1. The number of aromatic amines is 1. The zero-order chi connectivity index (χ0) is 23.9. The Morgan fingerprint density at radius 1 is 1.15 bits per heavy atom. The Hall–Kier alpha value is -3.57. The highest BCUT2D eigenvalue weighted by Crippen LogP contribution is 2.24. The predicted molar refractivity (Wildman–Crippen MR) is 143 cm³/mol. The minimum absolute atomic E-state index is 0.0723. The number of nitriles is 1. The van der Waals surface area contributed by atoms with Crippen LogP contribution in [0.1, 0.15) is 22.3 Å². The van der Waals surface area contributed by atoms with Gasteiger partial charge in [-0.2, -0.15) is 5.26 Å². The Bertz CT molecular complexity index is 1380. The van der Waals surface area contributed by atoms with Gasteiger partial charge in [0, 0.05) is 23.6 Å². The van der Waals surface area contributed by atoms with Crippen molar-refractivity contribution in [2.24, 2.45) is 0 Å². The summed E-state index contributed by atoms with van der Waals surface area (Å²) in [6.45, 7) is 2.98. The van der Waals surface area contributed by atoms with Crippen molar-refractivity contribution in [3.05, 3.63) is 104 Å². The highest BCUT2D eigenvalue weighted by atomic mass is 127. The standard InChI is InChI=1S/C28H24IN3O2/c1-19-6-8-20(9-7-19)18-34-27-11-10-21(15-25(27)29)14-23(16-30)28(33)31-13-12-22-17-32-26-5-3-2-4-24(22)26/h2-11,14-15,17,32H,12-13,18H2,1H3,(H,31,33)/b23-14-. The molecule has 2 N–H and O–H groups in total. The summed E-state index contributed by atoms with van der Waals surface area (Å²) in [6, 6.07) is 23.9. The first-order valence-corrected chi connectivity index (χ1v) is 12.0. The summed E-state index contributed by atoms with van der Waals surface area (Å²) in [5.74, 6) is 0.386. The largest absolute Gasteiger partial charge is 0.488 e. The van der Waals surface area contributed by atoms with Gasteiger partial charge in [0.25, 0.3) is 5.91 Å². The Kier molecular flexibility index (Phi) is 7.65. The molecule has 0 aliphatic rings. The molecule has 4 aromatic rings. The molecule has 5 nitrogen and oxygen atoms in total. The number of carbonyl (C=O) groups excluding carboxylic acids is 1. The van der Waals surface area contributed by atoms with Gasteiger partial charge in [0.1, 0.15) is 24.0 Å². The van der Waals surface area contributed by atoms with Crippen LogP contribution in [0.15, 0.2) is 78.5 Å². The highest BCUT2D eigenvalue weighted by Gasteiger charge is 2.11. The molecule has 0 atom stereocenters. The Morgan fingerprint density at radius 2 is 1.94 bits per heavy atom. The molecule has 0 saturated carbocycles. The molecule has 1 amide bonds. The van der Waals surface area contributed by atoms with Crippen LogP contribution in [-0.2, 0) is 17.8 Å². The maximum absolute atomic E-state index is 12.6. The number of rotatable bonds is 8. The summed E-state index contributed by atoms with van der Waals surface area (Å²) in [7, 11) is 0. The van der Waals surface area contributed by atoms with Crippen molar-refractivity contribution in [3.8, 4) is 11.8 Å². The number of nitrogens with one attached hydrogen (secondary N) is 2. The lowest BCUT2D eigenvalue weighted by Gasteiger charge is -2.09. The molecule has 170 valence electrons. The van der Waals surface area contributed by atoms with Crippen molar-refractivity contribution >= 4 is 45.5 Å². The molecule has 0 saturated heterocycles. The summed E-state index contributed by atoms with van der Waals surface area (Å²) >= 11 is 2.20. The fourth-order valence-corrected chi connectivity index (χ4v) is 4.32. The Balaban J connectivity index is 1.36. The monoisotopic (exact) mass is 561 g/mol. The van der Waals surface area contributed by atoms with Crippen molar-refractivity contribution in [1.29, 1.82) is 5.26 Å². The van der Waals surface area contributed by atoms with Crippen LogP contribution in [0.4, 0.5) is 0 Å². The minimum atomic E-state index is -0.378. The number of para-hydroxylation sites is 1. The van der Waals surface area contributed by atoms with E-state index in [4.69, 9.17) is 4.74 Å². The number of halogens is 1. The number of benzene rings is 3. The first kappa shape index (κ1) is 23.6. The highest BCUT2D eigenvalue weighted by molar-refractivity contribution is 14.1. The molecule has 0 spiro atoms. The van der Waals surface area contributed by atoms with Crippen molar-refractivity contribution < 1.29 is 9.53 Å². The molecule has 1 aromatic heterocycles. The number of ether oxygens (including phenoxy) is 1. The van der Waals surface area contributed by atoms with Gasteiger partial charge < -0.3 is 15.0 Å². The molecule has 0 aliphatic carbocycles. The maximum atomic E-state index is 12.6. The topological polar surface area (TPSA) is 77.9 Å². The zero-order valence-electron chi connectivity index (χ0n) is 18.8. The second-order valence-electron chi connectivity index (χ2n) is 8.00. The van der Waals surface area contributed by atoms with Gasteiger partial charge in [-0.05, 0) is 76.9 Å². The van der Waals surface area contributed by atoms with Crippen LogP contribution in [-0.4, -0.2) is 17.4 Å². The van der Waals surface area contributed by atoms with E-state index in [0.717, 1.165) is 36.9 Å². The molecule has 3 aromatic carbocycles. The second kappa shape index (κ2) is 11.0. The van der Waals surface area contributed by atoms with Gasteiger partial charge in [-0.15, -0.1) is 0 Å². The van der Waals surface area contributed by atoms with Gasteiger partial charge in [0.15, 0.2) is 0 Å². The summed E-state index contributed by atoms with van der Waals surface area (Å²) in [6.07, 6.45) is 4.24. The maximum Gasteiger partial charge on any atom is 0.261 e. The summed E-state index contributed by atoms with van der Waals surface area (Å²) in [4.78, 5) is 15.8. The van der Waals surface area contributed by atoms with E-state index in [0.29, 0.717) is 19.6 Å². The molecule has 0 unspecified atom stereocenters. The quantitative estimate of drug-likeness (QED) is 0.159. The first-order chi connectivity index (χ1) is 16.5. The van der Waals surface area contributed by atoms with Crippen LogP contribution in [0.25, 0.3) is 17.0 Å². The Labute approximate surface area is 212 Å². The van der Waals surface area contributed by atoms with Crippen molar-refractivity contribution in [1.82, 2.24) is 10.3 Å². The van der Waals surface area contributed by atoms with Crippen LogP contribution in [0.5, 0.6) is 5.75 Å². The molecular formula is C28H24IN3O2. The SMILES string of the molecule is Cc1ccc(COc2ccc(/C=C(/C#N)C(=O)NCCc3c[nH]c4ccccc34)cc2I)cc1. The van der Waals surface area contributed by atoms with E-state index in [1.807, 2.05) is 48.7 Å². The fourth-order valence-electron chi connectivity index (χ4n) is 3.63. The van der Waals surface area contributed by atoms with E-state index in [-0.39, 0.29) is 11.5 Å². The molecule has 0 aliphatic heterocycles. The van der Waals surface area contributed by atoms with Gasteiger partial charge in [-0.25, -0.2) is 0 Å². The number of aryl methyl sites for hydroxylation is 1. The van der Waals surface area contributed by atoms with Crippen molar-refractivity contribution in [3.63, 3.8) is 0 Å². The van der Waals surface area contributed by atoms with E-state index in [1.54, 1.807) is 6.08 Å². The van der Waals surface area contributed by atoms with Crippen molar-refractivity contribution in [2.45, 2.75) is 20.0 Å².